The summed E-state index contributed by atoms with van der Waals surface area (Å²) in [6, 6.07) is 2.90. The van der Waals surface area contributed by atoms with Crippen molar-refractivity contribution in [3.05, 3.63) is 41.7 Å². The maximum absolute atomic E-state index is 13.7. The second-order valence-corrected chi connectivity index (χ2v) is 9.15. The molecule has 1 atom stereocenters. The van der Waals surface area contributed by atoms with E-state index in [1.54, 1.807) is 21.6 Å². The number of hydrogen-bond donors (Lipinski definition) is 2. The van der Waals surface area contributed by atoms with Crippen molar-refractivity contribution in [2.24, 2.45) is 5.92 Å². The average molecular weight is 458 g/mol. The molecule has 3 N–H and O–H groups in total. The molecule has 4 heterocycles. The van der Waals surface area contributed by atoms with Crippen molar-refractivity contribution >= 4 is 23.2 Å². The number of nitrogens with two attached hydrogens (primary N) is 1. The maximum atomic E-state index is 13.7. The lowest BCUT2D eigenvalue weighted by atomic mass is 9.98. The molecule has 0 spiro atoms. The Morgan fingerprint density at radius 3 is 2.91 bits per heavy atom. The number of halogens is 1. The first-order chi connectivity index (χ1) is 15.7. The van der Waals surface area contributed by atoms with E-state index in [0.717, 1.165) is 12.8 Å². The zero-order valence-corrected chi connectivity index (χ0v) is 18.9. The summed E-state index contributed by atoms with van der Waals surface area (Å²) < 4.78 is 20.8. The highest BCUT2D eigenvalue weighted by Gasteiger charge is 2.28. The second-order valence-electron chi connectivity index (χ2n) is 9.15. The molecule has 1 aliphatic rings. The smallest absolute Gasteiger partial charge is 0.410 e. The topological polar surface area (TPSA) is 124 Å². The number of pyridine rings is 1. The van der Waals surface area contributed by atoms with E-state index in [1.807, 2.05) is 20.8 Å². The molecule has 0 unspecified atom stereocenters. The van der Waals surface area contributed by atoms with E-state index in [2.05, 4.69) is 20.3 Å². The molecule has 1 amide bonds. The van der Waals surface area contributed by atoms with E-state index >= 15 is 0 Å². The first kappa shape index (κ1) is 22.9. The summed E-state index contributed by atoms with van der Waals surface area (Å²) in [7, 11) is 0. The van der Waals surface area contributed by atoms with Gasteiger partial charge >= 0.3 is 6.09 Å². The molecule has 3 aromatic heterocycles. The van der Waals surface area contributed by atoms with E-state index in [0.29, 0.717) is 53.8 Å². The number of amides is 1. The number of fused-ring (bicyclic) bond motifs is 1. The van der Waals surface area contributed by atoms with Gasteiger partial charge in [-0.05, 0) is 51.7 Å². The van der Waals surface area contributed by atoms with Crippen LogP contribution in [0.15, 0.2) is 30.7 Å². The third kappa shape index (κ3) is 5.37. The van der Waals surface area contributed by atoms with Crippen LogP contribution in [-0.4, -0.2) is 55.6 Å². The summed E-state index contributed by atoms with van der Waals surface area (Å²) in [6.45, 7) is 7.29. The Labute approximate surface area is 190 Å². The normalized spacial score (nSPS) is 16.8. The fourth-order valence-electron chi connectivity index (χ4n) is 3.83. The molecule has 3 aromatic rings. The Bertz CT molecular complexity index is 1140. The van der Waals surface area contributed by atoms with Gasteiger partial charge in [0, 0.05) is 25.8 Å². The van der Waals surface area contributed by atoms with Gasteiger partial charge < -0.3 is 25.6 Å². The zero-order chi connectivity index (χ0) is 23.6. The molecule has 33 heavy (non-hydrogen) atoms. The number of carbonyl (C=O) groups excluding carboxylic acids is 1. The number of carbonyl (C=O) groups is 1. The molecular weight excluding hydrogens is 429 g/mol. The minimum atomic E-state index is -0.542. The number of nitrogens with zero attached hydrogens (tertiary/aromatic N) is 5. The molecule has 1 saturated heterocycles. The molecule has 4 rings (SSSR count). The SMILES string of the molecule is CC(C)(C)OC(=O)N1CCC[C@@H](CNc2nc(-c3cnc4ccc(F)cn34)ncc2[NH2+][O-])C1. The quantitative estimate of drug-likeness (QED) is 0.565. The second kappa shape index (κ2) is 9.28. The van der Waals surface area contributed by atoms with Crippen molar-refractivity contribution in [2.45, 2.75) is 39.2 Å². The van der Waals surface area contributed by atoms with Crippen LogP contribution < -0.4 is 10.8 Å². The number of hydrogen-bond acceptors (Lipinski definition) is 7. The predicted octanol–water partition coefficient (Wildman–Crippen LogP) is 2.68. The van der Waals surface area contributed by atoms with Crippen LogP contribution in [-0.2, 0) is 4.74 Å². The molecule has 176 valence electrons. The summed E-state index contributed by atoms with van der Waals surface area (Å²) in [5.41, 5.74) is 1.54. The Morgan fingerprint density at radius 2 is 2.15 bits per heavy atom. The van der Waals surface area contributed by atoms with Crippen LogP contribution in [0.4, 0.5) is 20.7 Å². The van der Waals surface area contributed by atoms with Gasteiger partial charge in [-0.25, -0.2) is 24.1 Å². The van der Waals surface area contributed by atoms with E-state index < -0.39 is 11.4 Å². The number of likely N-dealkylation sites (tertiary alicyclic amines) is 1. The summed E-state index contributed by atoms with van der Waals surface area (Å²) >= 11 is 0. The first-order valence-corrected chi connectivity index (χ1v) is 10.9. The number of rotatable bonds is 5. The molecule has 0 aliphatic carbocycles. The predicted molar refractivity (Wildman–Crippen MR) is 120 cm³/mol. The molecule has 1 aliphatic heterocycles. The van der Waals surface area contributed by atoms with Gasteiger partial charge in [0.1, 0.15) is 22.8 Å². The van der Waals surface area contributed by atoms with Crippen molar-refractivity contribution in [3.8, 4) is 11.5 Å². The highest BCUT2D eigenvalue weighted by molar-refractivity contribution is 5.68. The average Bonchev–Trinajstić information content (AvgIpc) is 3.19. The van der Waals surface area contributed by atoms with Crippen molar-refractivity contribution in [1.29, 1.82) is 0 Å². The number of quaternary nitrogens is 1. The van der Waals surface area contributed by atoms with Gasteiger partial charge in [-0.1, -0.05) is 0 Å². The fourth-order valence-corrected chi connectivity index (χ4v) is 3.83. The van der Waals surface area contributed by atoms with Gasteiger partial charge in [0.15, 0.2) is 17.3 Å². The number of imidazole rings is 1. The lowest BCUT2D eigenvalue weighted by molar-refractivity contribution is -0.496. The van der Waals surface area contributed by atoms with Crippen LogP contribution in [0, 0.1) is 16.9 Å². The number of aromatic nitrogens is 4. The van der Waals surface area contributed by atoms with E-state index in [4.69, 9.17) is 4.74 Å². The largest absolute Gasteiger partial charge is 0.630 e. The fraction of sp³-hybridized carbons (Fsp3) is 0.455. The lowest BCUT2D eigenvalue weighted by Gasteiger charge is -2.34. The number of anilines is 1. The highest BCUT2D eigenvalue weighted by Crippen LogP contribution is 2.24. The van der Waals surface area contributed by atoms with Gasteiger partial charge in [-0.2, -0.15) is 0 Å². The highest BCUT2D eigenvalue weighted by atomic mass is 19.1. The first-order valence-electron chi connectivity index (χ1n) is 10.9. The third-order valence-electron chi connectivity index (χ3n) is 5.37. The van der Waals surface area contributed by atoms with E-state index in [-0.39, 0.29) is 12.0 Å². The van der Waals surface area contributed by atoms with Gasteiger partial charge in [0.25, 0.3) is 0 Å². The number of ether oxygens (including phenoxy) is 1. The van der Waals surface area contributed by atoms with Crippen LogP contribution >= 0.6 is 0 Å². The van der Waals surface area contributed by atoms with Crippen molar-refractivity contribution in [1.82, 2.24) is 24.3 Å². The molecular formula is C22H28FN7O3. The summed E-state index contributed by atoms with van der Waals surface area (Å²) in [4.78, 5) is 27.2. The zero-order valence-electron chi connectivity index (χ0n) is 18.9. The van der Waals surface area contributed by atoms with E-state index in [9.17, 15) is 14.4 Å². The van der Waals surface area contributed by atoms with Gasteiger partial charge in [0.05, 0.1) is 12.4 Å². The molecule has 10 nitrogen and oxygen atoms in total. The Balaban J connectivity index is 1.49. The Kier molecular flexibility index (Phi) is 6.43. The summed E-state index contributed by atoms with van der Waals surface area (Å²) in [5.74, 6) is 0.474. The van der Waals surface area contributed by atoms with Gasteiger partial charge in [0.2, 0.25) is 0 Å². The lowest BCUT2D eigenvalue weighted by Crippen LogP contribution is -2.70. The molecule has 0 bridgehead atoms. The van der Waals surface area contributed by atoms with Crippen molar-refractivity contribution in [3.63, 3.8) is 0 Å². The molecule has 0 saturated carbocycles. The Hall–Kier alpha value is -3.31. The number of piperidine rings is 1. The van der Waals surface area contributed by atoms with Crippen molar-refractivity contribution < 1.29 is 19.4 Å². The third-order valence-corrected chi connectivity index (χ3v) is 5.37. The Morgan fingerprint density at radius 1 is 1.33 bits per heavy atom. The minimum absolute atomic E-state index is 0.175. The van der Waals surface area contributed by atoms with Gasteiger partial charge in [-0.3, -0.25) is 4.40 Å². The van der Waals surface area contributed by atoms with Crippen molar-refractivity contribution in [2.75, 3.05) is 25.0 Å². The standard InChI is InChI=1S/C22H28FN7O3/c1-22(2,3)33-21(31)29-8-4-5-14(12-29)9-25-19-16(28-32)10-26-20(27-19)17-11-24-18-7-6-15(23)13-30(17)18/h6-7,10-11,13-14H,4-5,8-9,12,28H2,1-3H3,(H,25,26,27)/t14-/m0/s1. The molecule has 0 aromatic carbocycles. The molecule has 0 radical (unpaired) electrons. The van der Waals surface area contributed by atoms with Crippen LogP contribution in [0.25, 0.3) is 17.2 Å². The van der Waals surface area contributed by atoms with Crippen LogP contribution in [0.3, 0.4) is 0 Å². The number of nitrogens with one attached hydrogen (secondary N) is 1. The minimum Gasteiger partial charge on any atom is -0.630 e. The van der Waals surface area contributed by atoms with Crippen LogP contribution in [0.1, 0.15) is 33.6 Å². The summed E-state index contributed by atoms with van der Waals surface area (Å²) in [6.07, 6.45) is 5.81. The van der Waals surface area contributed by atoms with E-state index in [1.165, 1.54) is 18.5 Å². The molecule has 11 heteroatoms. The molecule has 1 fully saturated rings. The maximum Gasteiger partial charge on any atom is 0.410 e. The van der Waals surface area contributed by atoms with Crippen LogP contribution in [0.2, 0.25) is 0 Å². The monoisotopic (exact) mass is 457 g/mol. The van der Waals surface area contributed by atoms with Gasteiger partial charge in [-0.15, -0.1) is 0 Å². The van der Waals surface area contributed by atoms with Crippen LogP contribution in [0.5, 0.6) is 0 Å². The summed E-state index contributed by atoms with van der Waals surface area (Å²) in [5, 5.41) is 14.8.